The molecule has 9 nitrogen and oxygen atoms in total. The second-order valence-electron chi connectivity index (χ2n) is 9.94. The molecule has 0 aromatic carbocycles. The minimum Gasteiger partial charge on any atom is -0.384 e. The molecule has 1 atom stereocenters. The molecule has 3 aromatic rings. The van der Waals surface area contributed by atoms with Crippen molar-refractivity contribution in [2.24, 2.45) is 11.3 Å². The van der Waals surface area contributed by atoms with E-state index < -0.39 is 0 Å². The van der Waals surface area contributed by atoms with Gasteiger partial charge in [-0.05, 0) is 61.1 Å². The Morgan fingerprint density at radius 3 is 2.97 bits per heavy atom. The number of nitrogen functional groups attached to an aromatic ring is 1. The van der Waals surface area contributed by atoms with Gasteiger partial charge in [-0.15, -0.1) is 0 Å². The second kappa shape index (κ2) is 8.62. The molecule has 4 N–H and O–H groups in total. The number of anilines is 2. The predicted molar refractivity (Wildman–Crippen MR) is 125 cm³/mol. The summed E-state index contributed by atoms with van der Waals surface area (Å²) in [6.07, 6.45) is 9.98. The number of pyridine rings is 1. The highest BCUT2D eigenvalue weighted by atomic mass is 16.5. The molecule has 1 amide bonds. The molecule has 1 unspecified atom stereocenters. The van der Waals surface area contributed by atoms with Crippen LogP contribution in [-0.2, 0) is 17.6 Å². The minimum absolute atomic E-state index is 0.00905. The van der Waals surface area contributed by atoms with Gasteiger partial charge in [0.25, 0.3) is 5.91 Å². The molecule has 33 heavy (non-hydrogen) atoms. The molecule has 9 heteroatoms. The Kier molecular flexibility index (Phi) is 5.65. The van der Waals surface area contributed by atoms with E-state index in [1.165, 1.54) is 0 Å². The second-order valence-corrected chi connectivity index (χ2v) is 9.94. The summed E-state index contributed by atoms with van der Waals surface area (Å²) < 4.78 is 7.49. The highest BCUT2D eigenvalue weighted by Crippen LogP contribution is 2.36. The van der Waals surface area contributed by atoms with Gasteiger partial charge in [-0.25, -0.2) is 4.98 Å². The third-order valence-electron chi connectivity index (χ3n) is 6.88. The lowest BCUT2D eigenvalue weighted by Crippen LogP contribution is -2.27. The SMILES string of the molecule is CC1(C)CCc2c(C(=O)Nc3cnn(C(c4ccnc(N)c4)C4CCOCC4)c3)n[nH]c2C1. The number of aromatic amines is 1. The van der Waals surface area contributed by atoms with Crippen molar-refractivity contribution in [3.8, 4) is 0 Å². The number of carbonyl (C=O) groups excluding carboxylic acids is 1. The van der Waals surface area contributed by atoms with Crippen LogP contribution in [0.2, 0.25) is 0 Å². The third-order valence-corrected chi connectivity index (χ3v) is 6.88. The van der Waals surface area contributed by atoms with Crippen LogP contribution in [0.3, 0.4) is 0 Å². The van der Waals surface area contributed by atoms with Crippen LogP contribution >= 0.6 is 0 Å². The number of aromatic nitrogens is 5. The summed E-state index contributed by atoms with van der Waals surface area (Å²) in [5.41, 5.74) is 10.5. The number of hydrogen-bond donors (Lipinski definition) is 3. The molecule has 0 bridgehead atoms. The van der Waals surface area contributed by atoms with Crippen LogP contribution in [0, 0.1) is 11.3 Å². The van der Waals surface area contributed by atoms with E-state index in [0.29, 0.717) is 23.1 Å². The van der Waals surface area contributed by atoms with Crippen LogP contribution in [0.1, 0.15) is 66.5 Å². The number of fused-ring (bicyclic) bond motifs is 1. The molecular weight excluding hydrogens is 418 g/mol. The van der Waals surface area contributed by atoms with E-state index in [0.717, 1.165) is 62.1 Å². The van der Waals surface area contributed by atoms with Crippen LogP contribution in [0.5, 0.6) is 0 Å². The molecule has 2 aliphatic rings. The number of carbonyl (C=O) groups is 1. The Morgan fingerprint density at radius 2 is 2.18 bits per heavy atom. The summed E-state index contributed by atoms with van der Waals surface area (Å²) in [7, 11) is 0. The van der Waals surface area contributed by atoms with Gasteiger partial charge in [0.2, 0.25) is 0 Å². The lowest BCUT2D eigenvalue weighted by molar-refractivity contribution is 0.0527. The van der Waals surface area contributed by atoms with Crippen molar-refractivity contribution in [1.82, 2.24) is 25.0 Å². The summed E-state index contributed by atoms with van der Waals surface area (Å²) in [5.74, 6) is 0.630. The zero-order valence-corrected chi connectivity index (χ0v) is 19.2. The highest BCUT2D eigenvalue weighted by Gasteiger charge is 2.31. The van der Waals surface area contributed by atoms with Crippen LogP contribution in [0.4, 0.5) is 11.5 Å². The molecule has 1 saturated heterocycles. The van der Waals surface area contributed by atoms with Gasteiger partial charge in [0, 0.05) is 36.9 Å². The number of amides is 1. The maximum atomic E-state index is 13.0. The van der Waals surface area contributed by atoms with E-state index in [4.69, 9.17) is 10.5 Å². The van der Waals surface area contributed by atoms with Crippen LogP contribution in [-0.4, -0.2) is 44.1 Å². The van der Waals surface area contributed by atoms with Gasteiger partial charge < -0.3 is 15.8 Å². The van der Waals surface area contributed by atoms with Gasteiger partial charge >= 0.3 is 0 Å². The van der Waals surface area contributed by atoms with Crippen molar-refractivity contribution < 1.29 is 9.53 Å². The van der Waals surface area contributed by atoms with E-state index in [1.54, 1.807) is 12.4 Å². The highest BCUT2D eigenvalue weighted by molar-refractivity contribution is 6.03. The lowest BCUT2D eigenvalue weighted by Gasteiger charge is -2.31. The molecule has 0 saturated carbocycles. The number of nitrogens with two attached hydrogens (primary N) is 1. The first-order chi connectivity index (χ1) is 15.9. The Morgan fingerprint density at radius 1 is 1.36 bits per heavy atom. The molecule has 1 aliphatic carbocycles. The van der Waals surface area contributed by atoms with E-state index in [2.05, 4.69) is 39.4 Å². The maximum Gasteiger partial charge on any atom is 0.276 e. The standard InChI is InChI=1S/C24H31N7O2/c1-24(2)7-3-18-19(12-24)29-30-21(18)23(32)28-17-13-27-31(14-17)22(15-5-9-33-10-6-15)16-4-8-26-20(25)11-16/h4,8,11,13-15,22H,3,5-7,9-10,12H2,1-2H3,(H2,25,26)(H,28,32)(H,29,30). The van der Waals surface area contributed by atoms with Crippen molar-refractivity contribution in [3.05, 3.63) is 53.2 Å². The lowest BCUT2D eigenvalue weighted by atomic mass is 9.76. The molecule has 3 aromatic heterocycles. The number of hydrogen-bond acceptors (Lipinski definition) is 6. The van der Waals surface area contributed by atoms with E-state index in [9.17, 15) is 4.79 Å². The zero-order chi connectivity index (χ0) is 23.0. The van der Waals surface area contributed by atoms with Crippen molar-refractivity contribution in [3.63, 3.8) is 0 Å². The number of H-pyrrole nitrogens is 1. The van der Waals surface area contributed by atoms with Crippen molar-refractivity contribution >= 4 is 17.4 Å². The summed E-state index contributed by atoms with van der Waals surface area (Å²) in [6, 6.07) is 3.87. The quantitative estimate of drug-likeness (QED) is 0.549. The number of ether oxygens (including phenoxy) is 1. The van der Waals surface area contributed by atoms with Crippen molar-refractivity contribution in [2.45, 2.75) is 52.0 Å². The normalized spacial score (nSPS) is 19.1. The average Bonchev–Trinajstić information content (AvgIpc) is 3.41. The Labute approximate surface area is 193 Å². The Hall–Kier alpha value is -3.20. The van der Waals surface area contributed by atoms with Gasteiger partial charge in [0.05, 0.1) is 17.9 Å². The first kappa shape index (κ1) is 21.6. The topological polar surface area (TPSA) is 124 Å². The van der Waals surface area contributed by atoms with Crippen LogP contribution in [0.25, 0.3) is 0 Å². The number of nitrogens with one attached hydrogen (secondary N) is 2. The summed E-state index contributed by atoms with van der Waals surface area (Å²) in [6.45, 7) is 5.95. The molecule has 174 valence electrons. The average molecular weight is 450 g/mol. The predicted octanol–water partition coefficient (Wildman–Crippen LogP) is 3.37. The Bertz CT molecular complexity index is 1140. The largest absolute Gasteiger partial charge is 0.384 e. The summed E-state index contributed by atoms with van der Waals surface area (Å²) in [5, 5.41) is 15.0. The molecular formula is C24H31N7O2. The van der Waals surface area contributed by atoms with Gasteiger partial charge in [0.1, 0.15) is 5.82 Å². The fourth-order valence-corrected chi connectivity index (χ4v) is 5.10. The molecule has 4 heterocycles. The first-order valence-electron chi connectivity index (χ1n) is 11.6. The molecule has 1 aliphatic heterocycles. The van der Waals surface area contributed by atoms with Gasteiger partial charge in [-0.2, -0.15) is 10.2 Å². The maximum absolute atomic E-state index is 13.0. The monoisotopic (exact) mass is 449 g/mol. The molecule has 0 radical (unpaired) electrons. The summed E-state index contributed by atoms with van der Waals surface area (Å²) in [4.78, 5) is 17.2. The van der Waals surface area contributed by atoms with E-state index in [1.807, 2.05) is 23.0 Å². The first-order valence-corrected chi connectivity index (χ1v) is 11.6. The number of nitrogens with zero attached hydrogens (tertiary/aromatic N) is 4. The van der Waals surface area contributed by atoms with Crippen LogP contribution < -0.4 is 11.1 Å². The fraction of sp³-hybridized carbons (Fsp3) is 0.500. The fourth-order valence-electron chi connectivity index (χ4n) is 5.10. The number of rotatable bonds is 5. The van der Waals surface area contributed by atoms with Crippen molar-refractivity contribution in [1.29, 1.82) is 0 Å². The smallest absolute Gasteiger partial charge is 0.276 e. The van der Waals surface area contributed by atoms with Gasteiger partial charge in [-0.1, -0.05) is 13.8 Å². The van der Waals surface area contributed by atoms with Gasteiger partial charge in [0.15, 0.2) is 5.69 Å². The van der Waals surface area contributed by atoms with Crippen LogP contribution in [0.15, 0.2) is 30.7 Å². The van der Waals surface area contributed by atoms with E-state index >= 15 is 0 Å². The third kappa shape index (κ3) is 4.50. The van der Waals surface area contributed by atoms with Gasteiger partial charge in [-0.3, -0.25) is 14.6 Å². The van der Waals surface area contributed by atoms with Crippen molar-refractivity contribution in [2.75, 3.05) is 24.3 Å². The molecule has 5 rings (SSSR count). The molecule has 0 spiro atoms. The zero-order valence-electron chi connectivity index (χ0n) is 19.2. The van der Waals surface area contributed by atoms with E-state index in [-0.39, 0.29) is 17.4 Å². The Balaban J connectivity index is 1.37. The summed E-state index contributed by atoms with van der Waals surface area (Å²) >= 11 is 0. The minimum atomic E-state index is -0.206. The molecule has 1 fully saturated rings.